The van der Waals surface area contributed by atoms with E-state index in [4.69, 9.17) is 0 Å². The highest BCUT2D eigenvalue weighted by atomic mass is 32.1. The van der Waals surface area contributed by atoms with Crippen LogP contribution in [0.2, 0.25) is 0 Å². The fourth-order valence-electron chi connectivity index (χ4n) is 2.56. The van der Waals surface area contributed by atoms with Gasteiger partial charge < -0.3 is 5.32 Å². The second kappa shape index (κ2) is 5.44. The van der Waals surface area contributed by atoms with Crippen molar-refractivity contribution in [2.45, 2.75) is 44.0 Å². The summed E-state index contributed by atoms with van der Waals surface area (Å²) in [5.41, 5.74) is 0. The van der Waals surface area contributed by atoms with Crippen molar-refractivity contribution in [3.8, 4) is 0 Å². The summed E-state index contributed by atoms with van der Waals surface area (Å²) in [5, 5.41) is 5.05. The summed E-state index contributed by atoms with van der Waals surface area (Å²) >= 11 is 5.69. The fourth-order valence-corrected chi connectivity index (χ4v) is 3.62. The van der Waals surface area contributed by atoms with Crippen LogP contribution in [0.4, 0.5) is 0 Å². The summed E-state index contributed by atoms with van der Waals surface area (Å²) in [6, 6.07) is 2.17. The first-order valence-electron chi connectivity index (χ1n) is 6.14. The maximum atomic E-state index is 12.0. The van der Waals surface area contributed by atoms with E-state index in [1.807, 2.05) is 11.4 Å². The molecule has 94 valence electrons. The maximum absolute atomic E-state index is 12.0. The van der Waals surface area contributed by atoms with Crippen molar-refractivity contribution in [1.29, 1.82) is 0 Å². The lowest BCUT2D eigenvalue weighted by Gasteiger charge is -2.33. The number of hydrogen-bond donors (Lipinski definition) is 2. The monoisotopic (exact) mass is 269 g/mol. The maximum Gasteiger partial charge on any atom is 0.261 e. The molecule has 0 aromatic carbocycles. The highest BCUT2D eigenvalue weighted by Gasteiger charge is 2.26. The lowest BCUT2D eigenvalue weighted by Crippen LogP contribution is -2.42. The summed E-state index contributed by atoms with van der Waals surface area (Å²) in [6.07, 6.45) is 3.54. The average molecular weight is 269 g/mol. The topological polar surface area (TPSA) is 29.1 Å². The van der Waals surface area contributed by atoms with Gasteiger partial charge in [-0.2, -0.15) is 0 Å². The van der Waals surface area contributed by atoms with Crippen LogP contribution < -0.4 is 5.32 Å². The largest absolute Gasteiger partial charge is 0.348 e. The molecule has 3 unspecified atom stereocenters. The van der Waals surface area contributed by atoms with Gasteiger partial charge in [0, 0.05) is 16.3 Å². The van der Waals surface area contributed by atoms with E-state index in [1.165, 1.54) is 24.2 Å². The smallest absolute Gasteiger partial charge is 0.261 e. The lowest BCUT2D eigenvalue weighted by atomic mass is 9.80. The molecule has 1 N–H and O–H groups in total. The van der Waals surface area contributed by atoms with Crippen LogP contribution in [0.1, 0.15) is 42.8 Å². The van der Waals surface area contributed by atoms with Gasteiger partial charge in [0.05, 0.1) is 4.88 Å². The van der Waals surface area contributed by atoms with Gasteiger partial charge in [-0.25, -0.2) is 0 Å². The van der Waals surface area contributed by atoms with E-state index in [2.05, 4.69) is 31.8 Å². The minimum atomic E-state index is 0.0571. The van der Waals surface area contributed by atoms with Gasteiger partial charge in [-0.1, -0.05) is 13.8 Å². The third-order valence-electron chi connectivity index (χ3n) is 3.56. The Labute approximate surface area is 112 Å². The van der Waals surface area contributed by atoms with Crippen molar-refractivity contribution in [3.05, 3.63) is 16.3 Å². The first-order valence-corrected chi connectivity index (χ1v) is 7.47. The molecule has 1 aliphatic rings. The molecule has 2 nitrogen and oxygen atoms in total. The second-order valence-electron chi connectivity index (χ2n) is 5.14. The molecule has 1 saturated carbocycles. The Morgan fingerprint density at radius 1 is 1.47 bits per heavy atom. The first-order chi connectivity index (χ1) is 8.06. The summed E-state index contributed by atoms with van der Waals surface area (Å²) in [4.78, 5) is 13.6. The molecule has 3 atom stereocenters. The summed E-state index contributed by atoms with van der Waals surface area (Å²) in [7, 11) is 0. The average Bonchev–Trinajstić information content (AvgIpc) is 2.69. The zero-order valence-corrected chi connectivity index (χ0v) is 12.0. The standard InChI is InChI=1S/C13H19NOS2/c1-8-3-4-11(9(2)5-8)14-13(15)12-6-10(16)7-17-12/h6-9,11,16H,3-5H2,1-2H3,(H,14,15). The van der Waals surface area contributed by atoms with Crippen LogP contribution in [0.15, 0.2) is 16.3 Å². The predicted octanol–water partition coefficient (Wildman–Crippen LogP) is 3.59. The molecule has 1 aromatic rings. The number of thiol groups is 1. The second-order valence-corrected chi connectivity index (χ2v) is 6.57. The summed E-state index contributed by atoms with van der Waals surface area (Å²) < 4.78 is 0. The van der Waals surface area contributed by atoms with E-state index in [-0.39, 0.29) is 5.91 Å². The number of hydrogen-bond acceptors (Lipinski definition) is 3. The minimum absolute atomic E-state index is 0.0571. The third kappa shape index (κ3) is 3.26. The molecule has 0 bridgehead atoms. The number of thiophene rings is 1. The van der Waals surface area contributed by atoms with Gasteiger partial charge in [0.2, 0.25) is 0 Å². The summed E-state index contributed by atoms with van der Waals surface area (Å²) in [5.74, 6) is 1.43. The Hall–Kier alpha value is -0.480. The Balaban J connectivity index is 1.95. The molecule has 1 aromatic heterocycles. The number of carbonyl (C=O) groups is 1. The van der Waals surface area contributed by atoms with Crippen LogP contribution in [0.25, 0.3) is 0 Å². The van der Waals surface area contributed by atoms with E-state index in [1.54, 1.807) is 0 Å². The Kier molecular flexibility index (Phi) is 4.15. The fraction of sp³-hybridized carbons (Fsp3) is 0.615. The first kappa shape index (κ1) is 13.0. The van der Waals surface area contributed by atoms with E-state index in [9.17, 15) is 4.79 Å². The Morgan fingerprint density at radius 2 is 2.24 bits per heavy atom. The number of carbonyl (C=O) groups excluding carboxylic acids is 1. The van der Waals surface area contributed by atoms with Gasteiger partial charge in [-0.15, -0.1) is 24.0 Å². The normalized spacial score (nSPS) is 29.0. The molecule has 1 aliphatic carbocycles. The molecular formula is C13H19NOS2. The van der Waals surface area contributed by atoms with Gasteiger partial charge in [0.25, 0.3) is 5.91 Å². The van der Waals surface area contributed by atoms with Crippen LogP contribution >= 0.6 is 24.0 Å². The Bertz CT molecular complexity index is 402. The Morgan fingerprint density at radius 3 is 2.82 bits per heavy atom. The molecule has 17 heavy (non-hydrogen) atoms. The number of rotatable bonds is 2. The quantitative estimate of drug-likeness (QED) is 0.789. The van der Waals surface area contributed by atoms with Crippen LogP contribution in [0, 0.1) is 11.8 Å². The van der Waals surface area contributed by atoms with Gasteiger partial charge >= 0.3 is 0 Å². The van der Waals surface area contributed by atoms with Gasteiger partial charge in [-0.3, -0.25) is 4.79 Å². The molecule has 1 amide bonds. The highest BCUT2D eigenvalue weighted by molar-refractivity contribution is 7.80. The molecule has 1 fully saturated rings. The zero-order chi connectivity index (χ0) is 12.4. The van der Waals surface area contributed by atoms with E-state index >= 15 is 0 Å². The third-order valence-corrected chi connectivity index (χ3v) is 4.92. The van der Waals surface area contributed by atoms with Gasteiger partial charge in [0.1, 0.15) is 0 Å². The van der Waals surface area contributed by atoms with Crippen molar-refractivity contribution >= 4 is 29.9 Å². The highest BCUT2D eigenvalue weighted by Crippen LogP contribution is 2.29. The van der Waals surface area contributed by atoms with Gasteiger partial charge in [-0.05, 0) is 37.2 Å². The summed E-state index contributed by atoms with van der Waals surface area (Å²) in [6.45, 7) is 4.53. The molecule has 2 rings (SSSR count). The van der Waals surface area contributed by atoms with Crippen molar-refractivity contribution in [2.75, 3.05) is 0 Å². The predicted molar refractivity (Wildman–Crippen MR) is 75.0 cm³/mol. The van der Waals surface area contributed by atoms with Crippen molar-refractivity contribution in [2.24, 2.45) is 11.8 Å². The molecule has 1 heterocycles. The molecule has 0 aliphatic heterocycles. The van der Waals surface area contributed by atoms with Crippen LogP contribution in [0.3, 0.4) is 0 Å². The van der Waals surface area contributed by atoms with Crippen molar-refractivity contribution in [1.82, 2.24) is 5.32 Å². The lowest BCUT2D eigenvalue weighted by molar-refractivity contribution is 0.0903. The zero-order valence-electron chi connectivity index (χ0n) is 10.3. The molecular weight excluding hydrogens is 250 g/mol. The van der Waals surface area contributed by atoms with E-state index in [0.717, 1.165) is 22.1 Å². The molecule has 0 radical (unpaired) electrons. The molecule has 4 heteroatoms. The SMILES string of the molecule is CC1CCC(NC(=O)c2cc(S)cs2)C(C)C1. The minimum Gasteiger partial charge on any atom is -0.348 e. The van der Waals surface area contributed by atoms with Crippen LogP contribution in [-0.4, -0.2) is 11.9 Å². The van der Waals surface area contributed by atoms with Gasteiger partial charge in [0.15, 0.2) is 0 Å². The van der Waals surface area contributed by atoms with Crippen molar-refractivity contribution < 1.29 is 4.79 Å². The molecule has 0 spiro atoms. The van der Waals surface area contributed by atoms with Crippen LogP contribution in [0.5, 0.6) is 0 Å². The van der Waals surface area contributed by atoms with E-state index < -0.39 is 0 Å². The number of amides is 1. The number of nitrogens with one attached hydrogen (secondary N) is 1. The van der Waals surface area contributed by atoms with Crippen LogP contribution in [-0.2, 0) is 0 Å². The van der Waals surface area contributed by atoms with E-state index in [0.29, 0.717) is 12.0 Å². The van der Waals surface area contributed by atoms with Crippen molar-refractivity contribution in [3.63, 3.8) is 0 Å². The molecule has 0 saturated heterocycles.